The van der Waals surface area contributed by atoms with Crippen molar-refractivity contribution >= 4 is 29.2 Å². The molecule has 3 aromatic rings. The van der Waals surface area contributed by atoms with Gasteiger partial charge in [0.15, 0.2) is 5.69 Å². The largest absolute Gasteiger partial charge is 0.383 e. The predicted octanol–water partition coefficient (Wildman–Crippen LogP) is 0.505. The van der Waals surface area contributed by atoms with Gasteiger partial charge in [0.05, 0.1) is 31.0 Å². The first-order chi connectivity index (χ1) is 17.3. The molecule has 1 saturated heterocycles. The Bertz CT molecular complexity index is 1430. The maximum atomic E-state index is 13.4. The fraction of sp³-hybridized carbons (Fsp3) is 0.391. The first-order valence-electron chi connectivity index (χ1n) is 11.4. The molecule has 5 rings (SSSR count). The number of hydrogen-bond donors (Lipinski definition) is 1. The summed E-state index contributed by atoms with van der Waals surface area (Å²) < 4.78 is 20.8. The Morgan fingerprint density at radius 1 is 1.25 bits per heavy atom. The van der Waals surface area contributed by atoms with Gasteiger partial charge in [-0.15, -0.1) is 0 Å². The zero-order valence-corrected chi connectivity index (χ0v) is 19.7. The summed E-state index contributed by atoms with van der Waals surface area (Å²) in [7, 11) is 1.52. The molecule has 1 fully saturated rings. The van der Waals surface area contributed by atoms with Crippen LogP contribution in [0.2, 0.25) is 0 Å². The van der Waals surface area contributed by atoms with Crippen LogP contribution in [0.4, 0.5) is 10.2 Å². The number of carbonyl (C=O) groups is 3. The molecule has 1 atom stereocenters. The number of halogens is 1. The number of nitrogens with one attached hydrogen (secondary N) is 1. The van der Waals surface area contributed by atoms with Crippen molar-refractivity contribution in [1.82, 2.24) is 29.0 Å². The molecule has 2 aliphatic heterocycles. The van der Waals surface area contributed by atoms with Crippen molar-refractivity contribution in [3.8, 4) is 0 Å². The quantitative estimate of drug-likeness (QED) is 0.503. The minimum Gasteiger partial charge on any atom is -0.383 e. The van der Waals surface area contributed by atoms with Crippen molar-refractivity contribution in [3.63, 3.8) is 0 Å². The van der Waals surface area contributed by atoms with Gasteiger partial charge in [-0.25, -0.2) is 9.37 Å². The summed E-state index contributed by atoms with van der Waals surface area (Å²) in [5, 5.41) is 6.80. The van der Waals surface area contributed by atoms with Crippen LogP contribution in [0, 0.1) is 5.82 Å². The molecule has 0 aromatic carbocycles. The lowest BCUT2D eigenvalue weighted by molar-refractivity contribution is -0.116. The van der Waals surface area contributed by atoms with Gasteiger partial charge in [-0.3, -0.25) is 19.2 Å². The van der Waals surface area contributed by atoms with Gasteiger partial charge in [-0.05, 0) is 25.5 Å². The molecule has 188 valence electrons. The maximum Gasteiger partial charge on any atom is 0.280 e. The second-order valence-corrected chi connectivity index (χ2v) is 8.81. The van der Waals surface area contributed by atoms with E-state index in [-0.39, 0.29) is 60.1 Å². The highest BCUT2D eigenvalue weighted by Crippen LogP contribution is 2.25. The first-order valence-corrected chi connectivity index (χ1v) is 11.4. The van der Waals surface area contributed by atoms with Crippen LogP contribution in [-0.2, 0) is 22.6 Å². The number of methoxy groups -OCH3 is 1. The Morgan fingerprint density at radius 2 is 2.03 bits per heavy atom. The SMILES string of the molecule is COC[C@H](C)N1Cc2c(n(CC(=O)Nc3ccc(F)cn3)c3cc(C(=O)N4CCC4)nn3c2=O)C1=O. The molecule has 3 aromatic heterocycles. The summed E-state index contributed by atoms with van der Waals surface area (Å²) in [4.78, 5) is 59.4. The highest BCUT2D eigenvalue weighted by Gasteiger charge is 2.38. The third-order valence-electron chi connectivity index (χ3n) is 6.36. The minimum atomic E-state index is -0.560. The average molecular weight is 497 g/mol. The van der Waals surface area contributed by atoms with Crippen molar-refractivity contribution in [3.05, 3.63) is 57.5 Å². The number of rotatable bonds is 7. The number of anilines is 1. The van der Waals surface area contributed by atoms with E-state index >= 15 is 0 Å². The second kappa shape index (κ2) is 9.15. The van der Waals surface area contributed by atoms with Gasteiger partial charge >= 0.3 is 0 Å². The lowest BCUT2D eigenvalue weighted by Crippen LogP contribution is -2.42. The molecule has 5 heterocycles. The molecule has 12 nitrogen and oxygen atoms in total. The minimum absolute atomic E-state index is 0.0177. The number of aromatic nitrogens is 4. The van der Waals surface area contributed by atoms with Crippen molar-refractivity contribution in [1.29, 1.82) is 0 Å². The first kappa shape index (κ1) is 23.6. The lowest BCUT2D eigenvalue weighted by atomic mass is 10.2. The van der Waals surface area contributed by atoms with Crippen molar-refractivity contribution in [2.24, 2.45) is 0 Å². The summed E-state index contributed by atoms with van der Waals surface area (Å²) >= 11 is 0. The molecule has 0 unspecified atom stereocenters. The molecule has 0 radical (unpaired) electrons. The number of fused-ring (bicyclic) bond motifs is 2. The number of likely N-dealkylation sites (tertiary alicyclic amines) is 1. The topological polar surface area (TPSA) is 131 Å². The summed E-state index contributed by atoms with van der Waals surface area (Å²) in [5.74, 6) is -1.74. The fourth-order valence-electron chi connectivity index (χ4n) is 4.39. The number of amides is 3. The van der Waals surface area contributed by atoms with Crippen molar-refractivity contribution in [2.45, 2.75) is 32.5 Å². The Kier molecular flexibility index (Phi) is 6.00. The summed E-state index contributed by atoms with van der Waals surface area (Å²) in [5.41, 5.74) is -0.101. The number of ether oxygens (including phenoxy) is 1. The monoisotopic (exact) mass is 497 g/mol. The zero-order chi connectivity index (χ0) is 25.6. The summed E-state index contributed by atoms with van der Waals surface area (Å²) in [6.45, 7) is 2.91. The molecule has 0 bridgehead atoms. The van der Waals surface area contributed by atoms with Crippen LogP contribution in [0.25, 0.3) is 5.65 Å². The fourth-order valence-corrected chi connectivity index (χ4v) is 4.39. The van der Waals surface area contributed by atoms with Crippen LogP contribution in [0.3, 0.4) is 0 Å². The van der Waals surface area contributed by atoms with E-state index in [1.54, 1.807) is 11.8 Å². The highest BCUT2D eigenvalue weighted by atomic mass is 19.1. The molecule has 1 N–H and O–H groups in total. The molecular weight excluding hydrogens is 473 g/mol. The van der Waals surface area contributed by atoms with Crippen LogP contribution in [0.1, 0.15) is 39.9 Å². The molecule has 13 heteroatoms. The van der Waals surface area contributed by atoms with E-state index in [4.69, 9.17) is 4.74 Å². The van der Waals surface area contributed by atoms with Gasteiger partial charge in [0, 0.05) is 26.3 Å². The standard InChI is InChI=1S/C23H24FN7O5/c1-13(12-36-2)29-10-15-20(23(29)35)30(11-18(32)26-17-5-4-14(24)9-25-17)19-8-16(27-31(19)21(15)33)22(34)28-6-3-7-28/h4-5,8-9,13H,3,6-7,10-12H2,1-2H3,(H,25,26,32)/t13-/m0/s1. The predicted molar refractivity (Wildman–Crippen MR) is 124 cm³/mol. The van der Waals surface area contributed by atoms with Gasteiger partial charge in [0.25, 0.3) is 17.4 Å². The highest BCUT2D eigenvalue weighted by molar-refractivity contribution is 5.99. The molecule has 0 spiro atoms. The van der Waals surface area contributed by atoms with E-state index in [9.17, 15) is 23.6 Å². The number of carbonyl (C=O) groups excluding carboxylic acids is 3. The van der Waals surface area contributed by atoms with Crippen LogP contribution < -0.4 is 10.9 Å². The van der Waals surface area contributed by atoms with Crippen LogP contribution in [-0.4, -0.2) is 79.5 Å². The summed E-state index contributed by atoms with van der Waals surface area (Å²) in [6, 6.07) is 3.55. The van der Waals surface area contributed by atoms with E-state index in [1.807, 2.05) is 0 Å². The van der Waals surface area contributed by atoms with Crippen LogP contribution in [0.5, 0.6) is 0 Å². The van der Waals surface area contributed by atoms with E-state index in [2.05, 4.69) is 15.4 Å². The van der Waals surface area contributed by atoms with Gasteiger partial charge in [-0.1, -0.05) is 0 Å². The van der Waals surface area contributed by atoms with Gasteiger partial charge in [0.1, 0.15) is 29.5 Å². The second-order valence-electron chi connectivity index (χ2n) is 8.81. The molecule has 2 aliphatic rings. The number of hydrogen-bond acceptors (Lipinski definition) is 7. The van der Waals surface area contributed by atoms with E-state index < -0.39 is 23.2 Å². The number of nitrogens with zero attached hydrogens (tertiary/aromatic N) is 6. The van der Waals surface area contributed by atoms with E-state index in [1.165, 1.54) is 28.7 Å². The Balaban J connectivity index is 1.58. The van der Waals surface area contributed by atoms with Crippen LogP contribution in [0.15, 0.2) is 29.2 Å². The molecule has 36 heavy (non-hydrogen) atoms. The van der Waals surface area contributed by atoms with E-state index in [0.717, 1.165) is 23.2 Å². The third-order valence-corrected chi connectivity index (χ3v) is 6.36. The molecule has 3 amide bonds. The zero-order valence-electron chi connectivity index (χ0n) is 19.7. The molecule has 0 saturated carbocycles. The van der Waals surface area contributed by atoms with Crippen molar-refractivity contribution < 1.29 is 23.5 Å². The normalized spacial score (nSPS) is 15.7. The Morgan fingerprint density at radius 3 is 2.67 bits per heavy atom. The van der Waals surface area contributed by atoms with Gasteiger partial charge < -0.3 is 24.4 Å². The van der Waals surface area contributed by atoms with Gasteiger partial charge in [-0.2, -0.15) is 9.61 Å². The average Bonchev–Trinajstić information content (AvgIpc) is 3.40. The third kappa shape index (κ3) is 4.00. The molecule has 0 aliphatic carbocycles. The smallest absolute Gasteiger partial charge is 0.280 e. The summed E-state index contributed by atoms with van der Waals surface area (Å²) in [6.07, 6.45) is 1.86. The Hall–Kier alpha value is -4.13. The lowest BCUT2D eigenvalue weighted by Gasteiger charge is -2.29. The molecular formula is C23H24FN7O5. The number of pyridine rings is 1. The Labute approximate surface area is 204 Å². The van der Waals surface area contributed by atoms with E-state index in [0.29, 0.717) is 13.1 Å². The maximum absolute atomic E-state index is 13.4. The van der Waals surface area contributed by atoms with Crippen LogP contribution >= 0.6 is 0 Å². The van der Waals surface area contributed by atoms with Gasteiger partial charge in [0.2, 0.25) is 5.91 Å². The van der Waals surface area contributed by atoms with Crippen molar-refractivity contribution in [2.75, 3.05) is 32.1 Å².